The molecule has 1 N–H and O–H groups in total. The van der Waals surface area contributed by atoms with Gasteiger partial charge in [0.15, 0.2) is 0 Å². The quantitative estimate of drug-likeness (QED) is 0.921. The number of hydrogen-bond donors (Lipinski definition) is 1. The van der Waals surface area contributed by atoms with Gasteiger partial charge in [0.05, 0.1) is 0 Å². The predicted octanol–water partition coefficient (Wildman–Crippen LogP) is 4.22. The van der Waals surface area contributed by atoms with Gasteiger partial charge >= 0.3 is 0 Å². The number of benzene rings is 1. The topological polar surface area (TPSA) is 41.1 Å². The van der Waals surface area contributed by atoms with Crippen molar-refractivity contribution in [3.8, 4) is 0 Å². The second-order valence-electron chi connectivity index (χ2n) is 6.06. The normalized spacial score (nSPS) is 15.5. The molecule has 1 aromatic heterocycles. The third-order valence-electron chi connectivity index (χ3n) is 4.33. The first-order valence-electron chi connectivity index (χ1n) is 8.15. The second-order valence-corrected chi connectivity index (χ2v) is 6.06. The minimum atomic E-state index is 0.671. The van der Waals surface area contributed by atoms with Crippen LogP contribution in [-0.2, 0) is 0 Å². The summed E-state index contributed by atoms with van der Waals surface area (Å²) in [5.41, 5.74) is 3.61. The van der Waals surface area contributed by atoms with Gasteiger partial charge in [-0.25, -0.2) is 4.98 Å². The zero-order valence-electron chi connectivity index (χ0n) is 13.5. The monoisotopic (exact) mass is 296 g/mol. The summed E-state index contributed by atoms with van der Waals surface area (Å²) in [7, 11) is 0. The van der Waals surface area contributed by atoms with Gasteiger partial charge in [0.25, 0.3) is 0 Å². The number of aryl methyl sites for hydroxylation is 2. The van der Waals surface area contributed by atoms with Gasteiger partial charge in [-0.1, -0.05) is 18.9 Å². The fourth-order valence-corrected chi connectivity index (χ4v) is 2.83. The minimum absolute atomic E-state index is 0.671. The summed E-state index contributed by atoms with van der Waals surface area (Å²) in [5, 5.41) is 3.32. The van der Waals surface area contributed by atoms with Crippen LogP contribution in [0.4, 0.5) is 17.5 Å². The van der Waals surface area contributed by atoms with Crippen molar-refractivity contribution in [2.45, 2.75) is 39.5 Å². The average Bonchev–Trinajstić information content (AvgIpc) is 2.80. The van der Waals surface area contributed by atoms with Gasteiger partial charge in [0.1, 0.15) is 5.82 Å². The summed E-state index contributed by atoms with van der Waals surface area (Å²) in [6, 6.07) is 8.34. The van der Waals surface area contributed by atoms with Crippen LogP contribution in [-0.4, -0.2) is 23.1 Å². The highest BCUT2D eigenvalue weighted by Gasteiger charge is 2.12. The van der Waals surface area contributed by atoms with Gasteiger partial charge in [0.2, 0.25) is 5.95 Å². The Morgan fingerprint density at radius 1 is 0.955 bits per heavy atom. The average molecular weight is 296 g/mol. The van der Waals surface area contributed by atoms with E-state index in [2.05, 4.69) is 52.2 Å². The maximum Gasteiger partial charge on any atom is 0.229 e. The van der Waals surface area contributed by atoms with Crippen LogP contribution in [0.3, 0.4) is 0 Å². The van der Waals surface area contributed by atoms with Crippen LogP contribution >= 0.6 is 0 Å². The number of hydrogen-bond acceptors (Lipinski definition) is 4. The highest BCUT2D eigenvalue weighted by molar-refractivity contribution is 5.57. The third-order valence-corrected chi connectivity index (χ3v) is 4.33. The Morgan fingerprint density at radius 3 is 2.45 bits per heavy atom. The van der Waals surface area contributed by atoms with E-state index in [1.165, 1.54) is 36.8 Å². The maximum atomic E-state index is 4.69. The Kier molecular flexibility index (Phi) is 4.56. The zero-order chi connectivity index (χ0) is 15.4. The molecule has 4 heteroatoms. The molecular weight excluding hydrogens is 272 g/mol. The van der Waals surface area contributed by atoms with E-state index in [1.807, 2.05) is 12.3 Å². The Morgan fingerprint density at radius 2 is 1.73 bits per heavy atom. The first-order valence-corrected chi connectivity index (χ1v) is 8.15. The van der Waals surface area contributed by atoms with E-state index in [4.69, 9.17) is 0 Å². The summed E-state index contributed by atoms with van der Waals surface area (Å²) < 4.78 is 0. The lowest BCUT2D eigenvalue weighted by atomic mass is 10.1. The van der Waals surface area contributed by atoms with Crippen LogP contribution < -0.4 is 10.2 Å². The lowest BCUT2D eigenvalue weighted by Gasteiger charge is -2.21. The molecular formula is C18H24N4. The van der Waals surface area contributed by atoms with Gasteiger partial charge in [-0.05, 0) is 56.0 Å². The molecule has 0 atom stereocenters. The number of aromatic nitrogens is 2. The summed E-state index contributed by atoms with van der Waals surface area (Å²) in [4.78, 5) is 11.4. The number of anilines is 3. The summed E-state index contributed by atoms with van der Waals surface area (Å²) in [5.74, 6) is 1.70. The Balaban J connectivity index is 1.76. The standard InChI is InChI=1S/C18H24N4/c1-14-7-8-16(13-15(14)2)20-18-19-10-9-17(21-18)22-11-5-3-4-6-12-22/h7-10,13H,3-6,11-12H2,1-2H3,(H,19,20,21). The summed E-state index contributed by atoms with van der Waals surface area (Å²) in [6.45, 7) is 6.44. The van der Waals surface area contributed by atoms with E-state index in [9.17, 15) is 0 Å². The SMILES string of the molecule is Cc1ccc(Nc2nccc(N3CCCCCC3)n2)cc1C. The van der Waals surface area contributed by atoms with Crippen molar-refractivity contribution in [3.63, 3.8) is 0 Å². The minimum Gasteiger partial charge on any atom is -0.356 e. The van der Waals surface area contributed by atoms with Crippen molar-refractivity contribution in [2.75, 3.05) is 23.3 Å². The predicted molar refractivity (Wildman–Crippen MR) is 91.9 cm³/mol. The number of rotatable bonds is 3. The van der Waals surface area contributed by atoms with Crippen LogP contribution in [0.25, 0.3) is 0 Å². The van der Waals surface area contributed by atoms with E-state index in [1.54, 1.807) is 0 Å². The molecule has 0 bridgehead atoms. The molecule has 4 nitrogen and oxygen atoms in total. The molecule has 2 heterocycles. The smallest absolute Gasteiger partial charge is 0.229 e. The van der Waals surface area contributed by atoms with Crippen LogP contribution in [0.2, 0.25) is 0 Å². The molecule has 1 aliphatic rings. The van der Waals surface area contributed by atoms with E-state index >= 15 is 0 Å². The fourth-order valence-electron chi connectivity index (χ4n) is 2.83. The highest BCUT2D eigenvalue weighted by Crippen LogP contribution is 2.21. The molecule has 0 spiro atoms. The summed E-state index contributed by atoms with van der Waals surface area (Å²) >= 11 is 0. The van der Waals surface area contributed by atoms with Crippen molar-refractivity contribution in [1.82, 2.24) is 9.97 Å². The lowest BCUT2D eigenvalue weighted by molar-refractivity contribution is 0.726. The molecule has 0 aliphatic carbocycles. The summed E-state index contributed by atoms with van der Waals surface area (Å²) in [6.07, 6.45) is 7.01. The first-order chi connectivity index (χ1) is 10.7. The van der Waals surface area contributed by atoms with E-state index in [-0.39, 0.29) is 0 Å². The van der Waals surface area contributed by atoms with Crippen LogP contribution in [0.1, 0.15) is 36.8 Å². The molecule has 116 valence electrons. The fraction of sp³-hybridized carbons (Fsp3) is 0.444. The molecule has 1 saturated heterocycles. The second kappa shape index (κ2) is 6.77. The molecule has 1 fully saturated rings. The molecule has 22 heavy (non-hydrogen) atoms. The van der Waals surface area contributed by atoms with Crippen molar-refractivity contribution in [3.05, 3.63) is 41.6 Å². The van der Waals surface area contributed by atoms with Crippen molar-refractivity contribution >= 4 is 17.5 Å². The molecule has 0 saturated carbocycles. The third kappa shape index (κ3) is 3.56. The van der Waals surface area contributed by atoms with E-state index in [0.29, 0.717) is 5.95 Å². The molecule has 1 aliphatic heterocycles. The van der Waals surface area contributed by atoms with Crippen molar-refractivity contribution in [1.29, 1.82) is 0 Å². The Labute approximate surface area is 132 Å². The molecule has 0 amide bonds. The van der Waals surface area contributed by atoms with Crippen LogP contribution in [0, 0.1) is 13.8 Å². The zero-order valence-corrected chi connectivity index (χ0v) is 13.5. The largest absolute Gasteiger partial charge is 0.356 e. The van der Waals surface area contributed by atoms with Gasteiger partial charge in [-0.15, -0.1) is 0 Å². The molecule has 0 radical (unpaired) electrons. The molecule has 3 rings (SSSR count). The highest BCUT2D eigenvalue weighted by atomic mass is 15.2. The lowest BCUT2D eigenvalue weighted by Crippen LogP contribution is -2.25. The van der Waals surface area contributed by atoms with E-state index < -0.39 is 0 Å². The van der Waals surface area contributed by atoms with Gasteiger partial charge in [0, 0.05) is 25.0 Å². The van der Waals surface area contributed by atoms with Crippen molar-refractivity contribution < 1.29 is 0 Å². The Hall–Kier alpha value is -2.10. The van der Waals surface area contributed by atoms with Gasteiger partial charge in [-0.3, -0.25) is 0 Å². The maximum absolute atomic E-state index is 4.69. The van der Waals surface area contributed by atoms with Gasteiger partial charge in [-0.2, -0.15) is 4.98 Å². The number of nitrogens with one attached hydrogen (secondary N) is 1. The Bertz CT molecular complexity index is 631. The molecule has 0 unspecified atom stereocenters. The van der Waals surface area contributed by atoms with Crippen LogP contribution in [0.5, 0.6) is 0 Å². The van der Waals surface area contributed by atoms with E-state index in [0.717, 1.165) is 24.6 Å². The molecule has 2 aromatic rings. The van der Waals surface area contributed by atoms with Crippen molar-refractivity contribution in [2.24, 2.45) is 0 Å². The number of nitrogens with zero attached hydrogens (tertiary/aromatic N) is 3. The van der Waals surface area contributed by atoms with Crippen LogP contribution in [0.15, 0.2) is 30.5 Å². The van der Waals surface area contributed by atoms with Gasteiger partial charge < -0.3 is 10.2 Å². The first kappa shape index (κ1) is 14.8. The molecule has 1 aromatic carbocycles.